The zero-order valence-corrected chi connectivity index (χ0v) is 12.9. The maximum absolute atomic E-state index is 10.6. The first-order valence-corrected chi connectivity index (χ1v) is 7.22. The fourth-order valence-corrected chi connectivity index (χ4v) is 2.26. The highest BCUT2D eigenvalue weighted by molar-refractivity contribution is 5.74. The van der Waals surface area contributed by atoms with Crippen molar-refractivity contribution < 1.29 is 14.6 Å². The van der Waals surface area contributed by atoms with Crippen molar-refractivity contribution in [2.24, 2.45) is 0 Å². The number of allylic oxidation sites excluding steroid dienone is 1. The van der Waals surface area contributed by atoms with Gasteiger partial charge in [-0.3, -0.25) is 4.79 Å². The highest BCUT2D eigenvalue weighted by Crippen LogP contribution is 2.24. The van der Waals surface area contributed by atoms with Crippen LogP contribution in [0.25, 0.3) is 5.57 Å². The van der Waals surface area contributed by atoms with Gasteiger partial charge >= 0.3 is 5.97 Å². The van der Waals surface area contributed by atoms with E-state index < -0.39 is 5.97 Å². The lowest BCUT2D eigenvalue weighted by atomic mass is 10.0. The largest absolute Gasteiger partial charge is 0.489 e. The highest BCUT2D eigenvalue weighted by Gasteiger charge is 2.04. The van der Waals surface area contributed by atoms with E-state index in [0.29, 0.717) is 6.61 Å². The van der Waals surface area contributed by atoms with Gasteiger partial charge in [0.2, 0.25) is 0 Å². The molecule has 0 radical (unpaired) electrons. The third-order valence-electron chi connectivity index (χ3n) is 3.45. The predicted octanol–water partition coefficient (Wildman–Crippen LogP) is 4.45. The van der Waals surface area contributed by atoms with Crippen LogP contribution in [0.3, 0.4) is 0 Å². The summed E-state index contributed by atoms with van der Waals surface area (Å²) in [5, 5.41) is 8.74. The van der Waals surface area contributed by atoms with Gasteiger partial charge in [0.15, 0.2) is 0 Å². The van der Waals surface area contributed by atoms with Crippen LogP contribution in [0.15, 0.2) is 54.6 Å². The van der Waals surface area contributed by atoms with Crippen LogP contribution in [0.1, 0.15) is 30.0 Å². The van der Waals surface area contributed by atoms with Crippen LogP contribution in [0, 0.1) is 6.92 Å². The first-order valence-electron chi connectivity index (χ1n) is 7.22. The van der Waals surface area contributed by atoms with Crippen molar-refractivity contribution in [3.8, 4) is 5.75 Å². The molecule has 2 rings (SSSR count). The number of hydrogen-bond donors (Lipinski definition) is 1. The molecule has 2 aromatic rings. The zero-order valence-electron chi connectivity index (χ0n) is 12.9. The van der Waals surface area contributed by atoms with Gasteiger partial charge in [-0.05, 0) is 48.2 Å². The molecule has 0 saturated carbocycles. The topological polar surface area (TPSA) is 46.5 Å². The highest BCUT2D eigenvalue weighted by atomic mass is 16.5. The van der Waals surface area contributed by atoms with Crippen LogP contribution in [0.5, 0.6) is 5.75 Å². The second-order valence-electron chi connectivity index (χ2n) is 5.24. The summed E-state index contributed by atoms with van der Waals surface area (Å²) in [5.41, 5.74) is 4.22. The summed E-state index contributed by atoms with van der Waals surface area (Å²) in [7, 11) is 0. The molecule has 0 aliphatic heterocycles. The van der Waals surface area contributed by atoms with E-state index in [9.17, 15) is 4.79 Å². The second kappa shape index (κ2) is 7.46. The summed E-state index contributed by atoms with van der Waals surface area (Å²) < 4.78 is 5.79. The van der Waals surface area contributed by atoms with Gasteiger partial charge in [-0.25, -0.2) is 0 Å². The Morgan fingerprint density at radius 1 is 1.18 bits per heavy atom. The van der Waals surface area contributed by atoms with E-state index in [1.807, 2.05) is 62.4 Å². The summed E-state index contributed by atoms with van der Waals surface area (Å²) >= 11 is 0. The van der Waals surface area contributed by atoms with Crippen molar-refractivity contribution in [1.29, 1.82) is 0 Å². The standard InChI is InChI=1S/C19H20O3/c1-14(8-11-19(20)21)18-10-9-17(12-15(18)2)22-13-16-6-4-3-5-7-16/h3-10,12H,11,13H2,1-2H3,(H,20,21)/b14-8+. The minimum absolute atomic E-state index is 0.0392. The van der Waals surface area contributed by atoms with Gasteiger partial charge in [0.1, 0.15) is 12.4 Å². The molecule has 0 fully saturated rings. The van der Waals surface area contributed by atoms with Gasteiger partial charge in [-0.1, -0.05) is 42.5 Å². The molecule has 3 nitrogen and oxygen atoms in total. The molecular formula is C19H20O3. The van der Waals surface area contributed by atoms with Crippen molar-refractivity contribution in [2.75, 3.05) is 0 Å². The van der Waals surface area contributed by atoms with E-state index in [1.54, 1.807) is 6.08 Å². The van der Waals surface area contributed by atoms with Crippen LogP contribution >= 0.6 is 0 Å². The van der Waals surface area contributed by atoms with E-state index in [0.717, 1.165) is 28.0 Å². The maximum Gasteiger partial charge on any atom is 0.307 e. The molecule has 0 unspecified atom stereocenters. The quantitative estimate of drug-likeness (QED) is 0.856. The van der Waals surface area contributed by atoms with Gasteiger partial charge in [0, 0.05) is 0 Å². The molecule has 0 aromatic heterocycles. The number of carbonyl (C=O) groups is 1. The summed E-state index contributed by atoms with van der Waals surface area (Å²) in [4.78, 5) is 10.6. The second-order valence-corrected chi connectivity index (χ2v) is 5.24. The molecule has 0 heterocycles. The average Bonchev–Trinajstić information content (AvgIpc) is 2.51. The monoisotopic (exact) mass is 296 g/mol. The number of carboxylic acids is 1. The van der Waals surface area contributed by atoms with Crippen LogP contribution in [-0.2, 0) is 11.4 Å². The van der Waals surface area contributed by atoms with E-state index in [2.05, 4.69) is 0 Å². The van der Waals surface area contributed by atoms with Gasteiger partial charge in [0.25, 0.3) is 0 Å². The van der Waals surface area contributed by atoms with Crippen molar-refractivity contribution in [2.45, 2.75) is 26.9 Å². The Morgan fingerprint density at radius 3 is 2.55 bits per heavy atom. The predicted molar refractivity (Wildman–Crippen MR) is 87.9 cm³/mol. The fourth-order valence-electron chi connectivity index (χ4n) is 2.26. The Morgan fingerprint density at radius 2 is 1.91 bits per heavy atom. The number of ether oxygens (including phenoxy) is 1. The van der Waals surface area contributed by atoms with Crippen LogP contribution in [0.2, 0.25) is 0 Å². The van der Waals surface area contributed by atoms with Gasteiger partial charge in [0.05, 0.1) is 6.42 Å². The molecule has 3 heteroatoms. The van der Waals surface area contributed by atoms with Gasteiger partial charge in [-0.15, -0.1) is 0 Å². The number of aliphatic carboxylic acids is 1. The van der Waals surface area contributed by atoms with E-state index in [1.165, 1.54) is 0 Å². The summed E-state index contributed by atoms with van der Waals surface area (Å²) in [6, 6.07) is 15.9. The molecule has 114 valence electrons. The van der Waals surface area contributed by atoms with Crippen LogP contribution in [0.4, 0.5) is 0 Å². The smallest absolute Gasteiger partial charge is 0.307 e. The number of carboxylic acid groups (broad SMARTS) is 1. The summed E-state index contributed by atoms with van der Waals surface area (Å²) in [6.07, 6.45) is 1.77. The lowest BCUT2D eigenvalue weighted by molar-refractivity contribution is -0.135. The lowest BCUT2D eigenvalue weighted by Crippen LogP contribution is -1.96. The molecule has 22 heavy (non-hydrogen) atoms. The Bertz CT molecular complexity index is 672. The number of hydrogen-bond acceptors (Lipinski definition) is 2. The van der Waals surface area contributed by atoms with Crippen LogP contribution < -0.4 is 4.74 Å². The summed E-state index contributed by atoms with van der Waals surface area (Å²) in [5.74, 6) is -0.00375. The van der Waals surface area contributed by atoms with E-state index in [4.69, 9.17) is 9.84 Å². The molecule has 0 bridgehead atoms. The Labute approximate surface area is 130 Å². The molecule has 1 N–H and O–H groups in total. The molecule has 0 saturated heterocycles. The van der Waals surface area contributed by atoms with Crippen molar-refractivity contribution in [3.63, 3.8) is 0 Å². The van der Waals surface area contributed by atoms with Gasteiger partial charge in [-0.2, -0.15) is 0 Å². The number of benzene rings is 2. The molecular weight excluding hydrogens is 276 g/mol. The van der Waals surface area contributed by atoms with Crippen LogP contribution in [-0.4, -0.2) is 11.1 Å². The van der Waals surface area contributed by atoms with E-state index >= 15 is 0 Å². The first kappa shape index (κ1) is 15.8. The minimum Gasteiger partial charge on any atom is -0.489 e. The van der Waals surface area contributed by atoms with Crippen molar-refractivity contribution in [1.82, 2.24) is 0 Å². The molecule has 0 atom stereocenters. The van der Waals surface area contributed by atoms with Crippen molar-refractivity contribution in [3.05, 3.63) is 71.3 Å². The van der Waals surface area contributed by atoms with Crippen molar-refractivity contribution >= 4 is 11.5 Å². The molecule has 0 spiro atoms. The lowest BCUT2D eigenvalue weighted by Gasteiger charge is -2.11. The Balaban J connectivity index is 2.06. The fraction of sp³-hybridized carbons (Fsp3) is 0.211. The van der Waals surface area contributed by atoms with E-state index in [-0.39, 0.29) is 6.42 Å². The average molecular weight is 296 g/mol. The minimum atomic E-state index is -0.820. The third-order valence-corrected chi connectivity index (χ3v) is 3.45. The zero-order chi connectivity index (χ0) is 15.9. The third kappa shape index (κ3) is 4.48. The Kier molecular flexibility index (Phi) is 5.37. The molecule has 0 amide bonds. The number of rotatable bonds is 6. The number of aryl methyl sites for hydroxylation is 1. The molecule has 0 aliphatic carbocycles. The normalized spacial score (nSPS) is 11.3. The summed E-state index contributed by atoms with van der Waals surface area (Å²) in [6.45, 7) is 4.46. The van der Waals surface area contributed by atoms with Gasteiger partial charge < -0.3 is 9.84 Å². The first-order chi connectivity index (χ1) is 10.6. The Hall–Kier alpha value is -2.55. The maximum atomic E-state index is 10.6. The SMILES string of the molecule is C/C(=C\CC(=O)O)c1ccc(OCc2ccccc2)cc1C. The molecule has 0 aliphatic rings. The molecule has 2 aromatic carbocycles.